The molecule has 1 amide bonds. The first-order valence-corrected chi connectivity index (χ1v) is 7.39. The van der Waals surface area contributed by atoms with Crippen molar-refractivity contribution in [2.24, 2.45) is 5.92 Å². The van der Waals surface area contributed by atoms with Crippen LogP contribution in [-0.2, 0) is 4.79 Å². The minimum absolute atomic E-state index is 0.0537. The molecule has 2 N–H and O–H groups in total. The number of anilines is 1. The maximum atomic E-state index is 11.2. The summed E-state index contributed by atoms with van der Waals surface area (Å²) in [5.41, 5.74) is 1.05. The van der Waals surface area contributed by atoms with Gasteiger partial charge in [0.2, 0.25) is 0 Å². The zero-order valence-electron chi connectivity index (χ0n) is 12.3. The van der Waals surface area contributed by atoms with E-state index in [2.05, 4.69) is 17.6 Å². The fourth-order valence-electron chi connectivity index (χ4n) is 2.73. The van der Waals surface area contributed by atoms with Gasteiger partial charge < -0.3 is 15.4 Å². The lowest BCUT2D eigenvalue weighted by Gasteiger charge is -2.21. The number of rotatable bonds is 6. The van der Waals surface area contributed by atoms with Gasteiger partial charge in [-0.3, -0.25) is 4.79 Å². The molecule has 0 bridgehead atoms. The Labute approximate surface area is 120 Å². The minimum Gasteiger partial charge on any atom is -0.484 e. The quantitative estimate of drug-likeness (QED) is 0.840. The second kappa shape index (κ2) is 7.17. The molecule has 0 spiro atoms. The van der Waals surface area contributed by atoms with Gasteiger partial charge in [-0.15, -0.1) is 0 Å². The summed E-state index contributed by atoms with van der Waals surface area (Å²) in [5.74, 6) is 1.37. The average molecular weight is 276 g/mol. The Balaban J connectivity index is 1.89. The first-order chi connectivity index (χ1) is 9.69. The zero-order valence-corrected chi connectivity index (χ0v) is 12.3. The van der Waals surface area contributed by atoms with Crippen LogP contribution in [0.15, 0.2) is 24.3 Å². The van der Waals surface area contributed by atoms with Crippen molar-refractivity contribution in [2.45, 2.75) is 38.6 Å². The van der Waals surface area contributed by atoms with Crippen LogP contribution in [0.1, 0.15) is 32.6 Å². The lowest BCUT2D eigenvalue weighted by atomic mass is 9.99. The van der Waals surface area contributed by atoms with Crippen molar-refractivity contribution in [3.8, 4) is 5.75 Å². The van der Waals surface area contributed by atoms with Gasteiger partial charge in [-0.2, -0.15) is 0 Å². The second-order valence-corrected chi connectivity index (χ2v) is 5.47. The third-order valence-electron chi connectivity index (χ3n) is 3.98. The first-order valence-electron chi connectivity index (χ1n) is 7.39. The Hall–Kier alpha value is -1.71. The van der Waals surface area contributed by atoms with Crippen molar-refractivity contribution < 1.29 is 9.53 Å². The number of hydrogen-bond acceptors (Lipinski definition) is 3. The molecule has 0 radical (unpaired) electrons. The van der Waals surface area contributed by atoms with E-state index in [0.717, 1.165) is 17.4 Å². The highest BCUT2D eigenvalue weighted by Crippen LogP contribution is 2.29. The summed E-state index contributed by atoms with van der Waals surface area (Å²) < 4.78 is 5.45. The summed E-state index contributed by atoms with van der Waals surface area (Å²) in [4.78, 5) is 11.2. The van der Waals surface area contributed by atoms with E-state index in [1.54, 1.807) is 7.05 Å². The number of benzene rings is 1. The molecule has 1 saturated carbocycles. The molecule has 4 heteroatoms. The lowest BCUT2D eigenvalue weighted by Crippen LogP contribution is -2.25. The largest absolute Gasteiger partial charge is 0.484 e. The predicted octanol–water partition coefficient (Wildman–Crippen LogP) is 2.80. The summed E-state index contributed by atoms with van der Waals surface area (Å²) in [5, 5.41) is 6.08. The van der Waals surface area contributed by atoms with Crippen LogP contribution in [0.25, 0.3) is 0 Å². The highest BCUT2D eigenvalue weighted by molar-refractivity contribution is 5.77. The Morgan fingerprint density at radius 3 is 2.85 bits per heavy atom. The Kier molecular flexibility index (Phi) is 5.27. The standard InChI is InChI=1S/C16H24N2O2/c1-12(13-6-3-4-7-13)18-14-8-5-9-15(10-14)20-11-16(19)17-2/h5,8-10,12-13,18H,3-4,6-7,11H2,1-2H3,(H,17,19). The third-order valence-corrected chi connectivity index (χ3v) is 3.98. The highest BCUT2D eigenvalue weighted by Gasteiger charge is 2.21. The molecule has 1 aromatic carbocycles. The van der Waals surface area contributed by atoms with Gasteiger partial charge in [0.25, 0.3) is 5.91 Å². The summed E-state index contributed by atoms with van der Waals surface area (Å²) in [6, 6.07) is 8.29. The van der Waals surface area contributed by atoms with Crippen molar-refractivity contribution in [1.29, 1.82) is 0 Å². The maximum Gasteiger partial charge on any atom is 0.257 e. The zero-order chi connectivity index (χ0) is 14.4. The molecule has 4 nitrogen and oxygen atoms in total. The van der Waals surface area contributed by atoms with Crippen LogP contribution in [0.3, 0.4) is 0 Å². The fourth-order valence-corrected chi connectivity index (χ4v) is 2.73. The maximum absolute atomic E-state index is 11.2. The van der Waals surface area contributed by atoms with Crippen molar-refractivity contribution in [3.63, 3.8) is 0 Å². The van der Waals surface area contributed by atoms with Crippen LogP contribution in [0.2, 0.25) is 0 Å². The summed E-state index contributed by atoms with van der Waals surface area (Å²) in [6.07, 6.45) is 5.35. The van der Waals surface area contributed by atoms with Crippen molar-refractivity contribution in [1.82, 2.24) is 5.32 Å². The van der Waals surface area contributed by atoms with Gasteiger partial charge in [-0.25, -0.2) is 0 Å². The smallest absolute Gasteiger partial charge is 0.257 e. The molecule has 0 heterocycles. The van der Waals surface area contributed by atoms with Crippen LogP contribution in [0.5, 0.6) is 5.75 Å². The van der Waals surface area contributed by atoms with E-state index in [9.17, 15) is 4.79 Å². The molecule has 1 aromatic rings. The molecule has 1 fully saturated rings. The van der Waals surface area contributed by atoms with Gasteiger partial charge in [-0.05, 0) is 37.8 Å². The topological polar surface area (TPSA) is 50.4 Å². The van der Waals surface area contributed by atoms with Crippen molar-refractivity contribution >= 4 is 11.6 Å². The number of carbonyl (C=O) groups excluding carboxylic acids is 1. The van der Waals surface area contributed by atoms with E-state index in [1.807, 2.05) is 24.3 Å². The molecule has 1 aliphatic rings. The molecule has 20 heavy (non-hydrogen) atoms. The molecule has 1 unspecified atom stereocenters. The van der Waals surface area contributed by atoms with Crippen LogP contribution >= 0.6 is 0 Å². The van der Waals surface area contributed by atoms with Crippen LogP contribution in [0, 0.1) is 5.92 Å². The molecule has 1 atom stereocenters. The van der Waals surface area contributed by atoms with E-state index in [4.69, 9.17) is 4.74 Å². The number of nitrogens with one attached hydrogen (secondary N) is 2. The second-order valence-electron chi connectivity index (χ2n) is 5.47. The molecule has 110 valence electrons. The van der Waals surface area contributed by atoms with Gasteiger partial charge in [0.15, 0.2) is 6.61 Å². The van der Waals surface area contributed by atoms with Gasteiger partial charge >= 0.3 is 0 Å². The number of likely N-dealkylation sites (N-methyl/N-ethyl adjacent to an activating group) is 1. The Morgan fingerprint density at radius 2 is 2.15 bits per heavy atom. The molecular formula is C16H24N2O2. The molecule has 0 aliphatic heterocycles. The number of amides is 1. The van der Waals surface area contributed by atoms with Crippen molar-refractivity contribution in [2.75, 3.05) is 19.0 Å². The highest BCUT2D eigenvalue weighted by atomic mass is 16.5. The van der Waals surface area contributed by atoms with Crippen LogP contribution in [-0.4, -0.2) is 25.6 Å². The van der Waals surface area contributed by atoms with E-state index in [-0.39, 0.29) is 12.5 Å². The Morgan fingerprint density at radius 1 is 1.40 bits per heavy atom. The monoisotopic (exact) mass is 276 g/mol. The van der Waals surface area contributed by atoms with Gasteiger partial charge in [0, 0.05) is 24.8 Å². The Bertz CT molecular complexity index is 442. The predicted molar refractivity (Wildman–Crippen MR) is 81.0 cm³/mol. The average Bonchev–Trinajstić information content (AvgIpc) is 2.99. The van der Waals surface area contributed by atoms with E-state index < -0.39 is 0 Å². The van der Waals surface area contributed by atoms with E-state index in [1.165, 1.54) is 25.7 Å². The van der Waals surface area contributed by atoms with Crippen molar-refractivity contribution in [3.05, 3.63) is 24.3 Å². The lowest BCUT2D eigenvalue weighted by molar-refractivity contribution is -0.122. The summed E-state index contributed by atoms with van der Waals surface area (Å²) in [6.45, 7) is 2.30. The molecule has 0 aromatic heterocycles. The van der Waals surface area contributed by atoms with Crippen LogP contribution < -0.4 is 15.4 Å². The van der Waals surface area contributed by atoms with E-state index >= 15 is 0 Å². The van der Waals surface area contributed by atoms with E-state index in [0.29, 0.717) is 6.04 Å². The molecule has 1 aliphatic carbocycles. The normalized spacial score (nSPS) is 16.7. The van der Waals surface area contributed by atoms with Gasteiger partial charge in [0.1, 0.15) is 5.75 Å². The number of hydrogen-bond donors (Lipinski definition) is 2. The SMILES string of the molecule is CNC(=O)COc1cccc(NC(C)C2CCCC2)c1. The van der Waals surface area contributed by atoms with Gasteiger partial charge in [-0.1, -0.05) is 18.9 Å². The first kappa shape index (κ1) is 14.7. The number of ether oxygens (including phenoxy) is 1. The minimum atomic E-state index is -0.123. The van der Waals surface area contributed by atoms with Gasteiger partial charge in [0.05, 0.1) is 0 Å². The third kappa shape index (κ3) is 4.15. The molecule has 2 rings (SSSR count). The molecule has 0 saturated heterocycles. The molecular weight excluding hydrogens is 252 g/mol. The van der Waals surface area contributed by atoms with Crippen LogP contribution in [0.4, 0.5) is 5.69 Å². The fraction of sp³-hybridized carbons (Fsp3) is 0.562. The summed E-state index contributed by atoms with van der Waals surface area (Å²) in [7, 11) is 1.60. The number of carbonyl (C=O) groups is 1. The summed E-state index contributed by atoms with van der Waals surface area (Å²) >= 11 is 0.